The van der Waals surface area contributed by atoms with E-state index in [4.69, 9.17) is 4.65 Å². The molecule has 1 aromatic carbocycles. The lowest BCUT2D eigenvalue weighted by molar-refractivity contribution is 0.193. The Balaban J connectivity index is 1.82. The van der Waals surface area contributed by atoms with Crippen LogP contribution < -0.4 is 0 Å². The van der Waals surface area contributed by atoms with Gasteiger partial charge in [0.25, 0.3) is 0 Å². The summed E-state index contributed by atoms with van der Waals surface area (Å²) in [7, 11) is -0.722. The highest BCUT2D eigenvalue weighted by molar-refractivity contribution is 6.43. The molecule has 1 aromatic heterocycles. The molecule has 4 nitrogen and oxygen atoms in total. The van der Waals surface area contributed by atoms with Crippen molar-refractivity contribution in [3.8, 4) is 5.75 Å². The molecule has 2 aromatic rings. The van der Waals surface area contributed by atoms with Gasteiger partial charge in [0, 0.05) is 18.1 Å². The number of phenols is 1. The summed E-state index contributed by atoms with van der Waals surface area (Å²) in [6.45, 7) is 0. The summed E-state index contributed by atoms with van der Waals surface area (Å²) in [5.41, 5.74) is 2.66. The highest BCUT2D eigenvalue weighted by Gasteiger charge is 2.21. The predicted octanol–water partition coefficient (Wildman–Crippen LogP) is 3.54. The molecule has 0 unspecified atom stereocenters. The van der Waals surface area contributed by atoms with E-state index < -0.39 is 7.12 Å². The fourth-order valence-corrected chi connectivity index (χ4v) is 2.74. The molecule has 122 valence electrons. The molecule has 24 heavy (non-hydrogen) atoms. The molecule has 3 rings (SSSR count). The molecule has 2 heterocycles. The maximum Gasteiger partial charge on any atom is 0.458 e. The Morgan fingerprint density at radius 3 is 2.83 bits per heavy atom. The van der Waals surface area contributed by atoms with Gasteiger partial charge in [-0.25, -0.2) is 0 Å². The molecule has 1 aliphatic heterocycles. The first kappa shape index (κ1) is 16.5. The summed E-state index contributed by atoms with van der Waals surface area (Å²) in [4.78, 5) is 4.43. The fourth-order valence-electron chi connectivity index (χ4n) is 2.74. The van der Waals surface area contributed by atoms with Crippen molar-refractivity contribution in [2.45, 2.75) is 25.3 Å². The molecule has 0 spiro atoms. The molecule has 0 fully saturated rings. The first-order chi connectivity index (χ1) is 11.7. The monoisotopic (exact) mass is 321 g/mol. The van der Waals surface area contributed by atoms with Crippen LogP contribution in [0.1, 0.15) is 24.1 Å². The van der Waals surface area contributed by atoms with Gasteiger partial charge in [0.1, 0.15) is 5.75 Å². The molecular formula is C19H20BNO3. The van der Waals surface area contributed by atoms with E-state index in [2.05, 4.69) is 4.98 Å². The largest absolute Gasteiger partial charge is 0.507 e. The van der Waals surface area contributed by atoms with Gasteiger partial charge in [0.15, 0.2) is 0 Å². The number of aromatic nitrogens is 1. The normalized spacial score (nSPS) is 18.0. The minimum Gasteiger partial charge on any atom is -0.507 e. The summed E-state index contributed by atoms with van der Waals surface area (Å²) in [5.74, 6) is 0.246. The average Bonchev–Trinajstić information content (AvgIpc) is 2.61. The zero-order chi connectivity index (χ0) is 16.8. The number of rotatable bonds is 5. The highest BCUT2D eigenvalue weighted by atomic mass is 16.5. The van der Waals surface area contributed by atoms with Crippen molar-refractivity contribution in [2.24, 2.45) is 0 Å². The molecule has 0 amide bonds. The van der Waals surface area contributed by atoms with Crippen LogP contribution in [-0.4, -0.2) is 28.3 Å². The second kappa shape index (κ2) is 7.95. The zero-order valence-electron chi connectivity index (χ0n) is 13.4. The number of hydrogen-bond acceptors (Lipinski definition) is 4. The number of para-hydroxylation sites is 1. The third kappa shape index (κ3) is 4.34. The van der Waals surface area contributed by atoms with Crippen molar-refractivity contribution in [1.82, 2.24) is 4.98 Å². The Bertz CT molecular complexity index is 730. The van der Waals surface area contributed by atoms with E-state index in [0.717, 1.165) is 29.7 Å². The Morgan fingerprint density at radius 1 is 1.25 bits per heavy atom. The zero-order valence-corrected chi connectivity index (χ0v) is 13.4. The molecule has 0 bridgehead atoms. The van der Waals surface area contributed by atoms with E-state index in [1.54, 1.807) is 18.3 Å². The van der Waals surface area contributed by atoms with E-state index in [0.29, 0.717) is 6.32 Å². The summed E-state index contributed by atoms with van der Waals surface area (Å²) < 4.78 is 5.52. The Hall–Kier alpha value is -2.37. The van der Waals surface area contributed by atoms with Crippen LogP contribution in [0.2, 0.25) is 6.32 Å². The number of nitrogens with zero attached hydrogens (tertiary/aromatic N) is 1. The standard InChI is InChI=1S/C19H20BNO3/c22-19-9-2-1-6-16(19)14-15(18-8-3-4-13-21-18)10-11-17-7-5-12-20(23)24-17/h1-9,13-14,17,22-23H,10-12H2/b15-14-/t17-/m0/s1. The lowest BCUT2D eigenvalue weighted by Gasteiger charge is -2.20. The first-order valence-corrected chi connectivity index (χ1v) is 8.12. The van der Waals surface area contributed by atoms with Crippen LogP contribution in [-0.2, 0) is 4.65 Å². The van der Waals surface area contributed by atoms with Gasteiger partial charge in [-0.15, -0.1) is 0 Å². The smallest absolute Gasteiger partial charge is 0.458 e. The van der Waals surface area contributed by atoms with Gasteiger partial charge in [-0.2, -0.15) is 0 Å². The quantitative estimate of drug-likeness (QED) is 0.653. The summed E-state index contributed by atoms with van der Waals surface area (Å²) in [5, 5.41) is 19.6. The van der Waals surface area contributed by atoms with Crippen LogP contribution in [0.15, 0.2) is 60.8 Å². The van der Waals surface area contributed by atoms with Gasteiger partial charge in [-0.1, -0.05) is 36.4 Å². The van der Waals surface area contributed by atoms with Gasteiger partial charge in [0.05, 0.1) is 11.8 Å². The number of pyridine rings is 1. The minimum atomic E-state index is -0.722. The Kier molecular flexibility index (Phi) is 5.46. The maximum atomic E-state index is 10.0. The van der Waals surface area contributed by atoms with Crippen LogP contribution >= 0.6 is 0 Å². The van der Waals surface area contributed by atoms with E-state index in [1.807, 2.05) is 48.6 Å². The van der Waals surface area contributed by atoms with Gasteiger partial charge < -0.3 is 14.8 Å². The molecule has 5 heteroatoms. The third-order valence-electron chi connectivity index (χ3n) is 3.98. The number of hydrogen-bond donors (Lipinski definition) is 2. The third-order valence-corrected chi connectivity index (χ3v) is 3.98. The minimum absolute atomic E-state index is 0.106. The van der Waals surface area contributed by atoms with E-state index in [-0.39, 0.29) is 11.9 Å². The van der Waals surface area contributed by atoms with Crippen LogP contribution in [0.3, 0.4) is 0 Å². The number of aromatic hydroxyl groups is 1. The van der Waals surface area contributed by atoms with Gasteiger partial charge >= 0.3 is 7.12 Å². The molecule has 0 saturated carbocycles. The van der Waals surface area contributed by atoms with Gasteiger partial charge in [0.2, 0.25) is 0 Å². The summed E-state index contributed by atoms with van der Waals surface area (Å²) >= 11 is 0. The van der Waals surface area contributed by atoms with Crippen molar-refractivity contribution in [2.75, 3.05) is 0 Å². The molecule has 0 saturated heterocycles. The predicted molar refractivity (Wildman–Crippen MR) is 96.2 cm³/mol. The molecule has 1 atom stereocenters. The first-order valence-electron chi connectivity index (χ1n) is 8.12. The highest BCUT2D eigenvalue weighted by Crippen LogP contribution is 2.27. The second-order valence-electron chi connectivity index (χ2n) is 5.78. The maximum absolute atomic E-state index is 10.0. The van der Waals surface area contributed by atoms with Crippen molar-refractivity contribution >= 4 is 18.8 Å². The summed E-state index contributed by atoms with van der Waals surface area (Å²) in [6.07, 6.45) is 9.56. The number of phenolic OH excluding ortho intramolecular Hbond substituents is 1. The number of benzene rings is 1. The molecule has 1 aliphatic rings. The van der Waals surface area contributed by atoms with E-state index >= 15 is 0 Å². The van der Waals surface area contributed by atoms with Gasteiger partial charge in [-0.3, -0.25) is 4.98 Å². The van der Waals surface area contributed by atoms with Crippen LogP contribution in [0, 0.1) is 0 Å². The lowest BCUT2D eigenvalue weighted by Crippen LogP contribution is -2.27. The van der Waals surface area contributed by atoms with Crippen molar-refractivity contribution in [3.05, 3.63) is 72.1 Å². The average molecular weight is 321 g/mol. The van der Waals surface area contributed by atoms with E-state index in [1.165, 1.54) is 0 Å². The number of allylic oxidation sites excluding steroid dienone is 2. The molecular weight excluding hydrogens is 301 g/mol. The van der Waals surface area contributed by atoms with Crippen molar-refractivity contribution in [1.29, 1.82) is 0 Å². The SMILES string of the molecule is OB1CC=C[C@@H](CC/C(=C/c2ccccc2O)c2ccccn2)O1. The van der Waals surface area contributed by atoms with E-state index in [9.17, 15) is 10.1 Å². The Labute approximate surface area is 142 Å². The van der Waals surface area contributed by atoms with Crippen LogP contribution in [0.4, 0.5) is 0 Å². The van der Waals surface area contributed by atoms with Gasteiger partial charge in [-0.05, 0) is 42.7 Å². The summed E-state index contributed by atoms with van der Waals surface area (Å²) in [6, 6.07) is 13.0. The molecule has 0 aliphatic carbocycles. The molecule has 2 N–H and O–H groups in total. The van der Waals surface area contributed by atoms with Crippen LogP contribution in [0.25, 0.3) is 11.6 Å². The fraction of sp³-hybridized carbons (Fsp3) is 0.211. The van der Waals surface area contributed by atoms with Crippen molar-refractivity contribution < 1.29 is 14.8 Å². The van der Waals surface area contributed by atoms with Crippen LogP contribution in [0.5, 0.6) is 5.75 Å². The van der Waals surface area contributed by atoms with Crippen molar-refractivity contribution in [3.63, 3.8) is 0 Å². The second-order valence-corrected chi connectivity index (χ2v) is 5.78. The topological polar surface area (TPSA) is 62.6 Å². The Morgan fingerprint density at radius 2 is 2.08 bits per heavy atom. The lowest BCUT2D eigenvalue weighted by atomic mass is 9.82. The molecule has 0 radical (unpaired) electrons.